The number of allylic oxidation sites excluding steroid dienone is 1. The summed E-state index contributed by atoms with van der Waals surface area (Å²) in [7, 11) is 0. The van der Waals surface area contributed by atoms with Crippen molar-refractivity contribution in [1.82, 2.24) is 24.5 Å². The van der Waals surface area contributed by atoms with Crippen LogP contribution in [0.1, 0.15) is 56.5 Å². The van der Waals surface area contributed by atoms with Gasteiger partial charge in [-0.15, -0.1) is 0 Å². The number of rotatable bonds is 12. The van der Waals surface area contributed by atoms with Gasteiger partial charge in [0.05, 0.1) is 35.5 Å². The normalized spacial score (nSPS) is 15.6. The van der Waals surface area contributed by atoms with Gasteiger partial charge in [-0.2, -0.15) is 0 Å². The maximum Gasteiger partial charge on any atom is 0.338 e. The number of nitrogens with zero attached hydrogens (tertiary/aromatic N) is 4. The van der Waals surface area contributed by atoms with Crippen LogP contribution < -0.4 is 15.3 Å². The molecule has 0 saturated carbocycles. The molecule has 0 radical (unpaired) electrons. The molecule has 2 atom stereocenters. The largest absolute Gasteiger partial charge is 0.463 e. The van der Waals surface area contributed by atoms with Gasteiger partial charge >= 0.3 is 12.4 Å². The number of ether oxygens (including phenoxy) is 1. The SMILES string of the molecule is CCCC[N+](O)(C=O)c1ccccc1NC(=O)C1=C(C)NC(c2ccc(-n3c(C)nc4cnccc43)cc2)=C(C(=O)OCC)C1c1ccccc1Cl. The Balaban J connectivity index is 1.47. The molecular formula is C40H40ClN6O5+. The summed E-state index contributed by atoms with van der Waals surface area (Å²) in [5.74, 6) is -1.33. The van der Waals surface area contributed by atoms with Crippen molar-refractivity contribution < 1.29 is 24.3 Å². The van der Waals surface area contributed by atoms with E-state index in [1.54, 1.807) is 74.8 Å². The zero-order chi connectivity index (χ0) is 37.0. The first-order chi connectivity index (χ1) is 25.1. The second kappa shape index (κ2) is 15.3. The molecule has 3 heterocycles. The number of hydroxylamine groups is 2. The molecule has 52 heavy (non-hydrogen) atoms. The highest BCUT2D eigenvalue weighted by Gasteiger charge is 2.40. The van der Waals surface area contributed by atoms with E-state index in [1.807, 2.05) is 48.7 Å². The predicted octanol–water partition coefficient (Wildman–Crippen LogP) is 7.61. The van der Waals surface area contributed by atoms with Crippen LogP contribution in [-0.4, -0.2) is 51.2 Å². The fourth-order valence-electron chi connectivity index (χ4n) is 6.70. The Morgan fingerprint density at radius 1 is 1.02 bits per heavy atom. The van der Waals surface area contributed by atoms with E-state index < -0.39 is 22.4 Å². The molecule has 2 unspecified atom stereocenters. The maximum atomic E-state index is 14.5. The summed E-state index contributed by atoms with van der Waals surface area (Å²) in [5, 5.41) is 18.0. The number of quaternary nitrogens is 1. The third-order valence-electron chi connectivity index (χ3n) is 9.15. The number of anilines is 1. The number of dihydropyridines is 1. The number of halogens is 1. The molecule has 5 aromatic rings. The van der Waals surface area contributed by atoms with Crippen LogP contribution in [0.5, 0.6) is 0 Å². The molecule has 0 bridgehead atoms. The topological polar surface area (TPSA) is 135 Å². The van der Waals surface area contributed by atoms with E-state index in [4.69, 9.17) is 16.3 Å². The summed E-state index contributed by atoms with van der Waals surface area (Å²) >= 11 is 6.83. The molecule has 12 heteroatoms. The van der Waals surface area contributed by atoms with Crippen LogP contribution in [0, 0.1) is 6.92 Å². The Hall–Kier alpha value is -5.62. The van der Waals surface area contributed by atoms with Crippen molar-refractivity contribution in [1.29, 1.82) is 0 Å². The third-order valence-corrected chi connectivity index (χ3v) is 9.50. The number of aromatic nitrogens is 3. The number of pyridine rings is 1. The molecule has 0 saturated heterocycles. The van der Waals surface area contributed by atoms with Gasteiger partial charge in [0.2, 0.25) is 0 Å². The zero-order valence-electron chi connectivity index (χ0n) is 29.4. The average Bonchev–Trinajstić information content (AvgIpc) is 3.49. The lowest BCUT2D eigenvalue weighted by Crippen LogP contribution is -2.46. The number of benzene rings is 3. The Labute approximate surface area is 306 Å². The van der Waals surface area contributed by atoms with E-state index >= 15 is 0 Å². The van der Waals surface area contributed by atoms with E-state index in [0.717, 1.165) is 29.0 Å². The number of hydrogen-bond donors (Lipinski definition) is 3. The smallest absolute Gasteiger partial charge is 0.338 e. The molecule has 0 spiro atoms. The lowest BCUT2D eigenvalue weighted by atomic mass is 9.78. The summed E-state index contributed by atoms with van der Waals surface area (Å²) in [4.78, 5) is 49.6. The molecule has 11 nitrogen and oxygen atoms in total. The lowest BCUT2D eigenvalue weighted by Gasteiger charge is -2.33. The molecule has 3 aromatic carbocycles. The van der Waals surface area contributed by atoms with Crippen molar-refractivity contribution in [3.8, 4) is 5.69 Å². The Morgan fingerprint density at radius 3 is 2.46 bits per heavy atom. The van der Waals surface area contributed by atoms with Crippen LogP contribution in [0.15, 0.2) is 108 Å². The fourth-order valence-corrected chi connectivity index (χ4v) is 6.94. The summed E-state index contributed by atoms with van der Waals surface area (Å²) in [6.07, 6.45) is 5.23. The van der Waals surface area contributed by atoms with Gasteiger partial charge in [-0.3, -0.25) is 14.3 Å². The number of nitrogens with one attached hydrogen (secondary N) is 2. The van der Waals surface area contributed by atoms with Crippen molar-refractivity contribution in [2.75, 3.05) is 18.5 Å². The van der Waals surface area contributed by atoms with Gasteiger partial charge in [-0.1, -0.05) is 72.1 Å². The van der Waals surface area contributed by atoms with Crippen molar-refractivity contribution in [3.63, 3.8) is 0 Å². The van der Waals surface area contributed by atoms with Crippen LogP contribution in [0.25, 0.3) is 22.4 Å². The van der Waals surface area contributed by atoms with Crippen molar-refractivity contribution in [2.24, 2.45) is 0 Å². The monoisotopic (exact) mass is 719 g/mol. The molecule has 266 valence electrons. The van der Waals surface area contributed by atoms with E-state index in [-0.39, 0.29) is 35.7 Å². The minimum atomic E-state index is -1.01. The quantitative estimate of drug-likeness (QED) is 0.0394. The first kappa shape index (κ1) is 36.2. The van der Waals surface area contributed by atoms with Gasteiger partial charge in [-0.05, 0) is 62.2 Å². The molecule has 1 aliphatic rings. The highest BCUT2D eigenvalue weighted by molar-refractivity contribution is 6.31. The van der Waals surface area contributed by atoms with E-state index in [0.29, 0.717) is 40.4 Å². The maximum absolute atomic E-state index is 14.5. The molecule has 2 amide bonds. The van der Waals surface area contributed by atoms with Gasteiger partial charge < -0.3 is 15.4 Å². The number of imidazole rings is 1. The van der Waals surface area contributed by atoms with Gasteiger partial charge in [-0.25, -0.2) is 19.8 Å². The van der Waals surface area contributed by atoms with Crippen molar-refractivity contribution in [2.45, 2.75) is 46.5 Å². The highest BCUT2D eigenvalue weighted by Crippen LogP contribution is 2.44. The highest BCUT2D eigenvalue weighted by atomic mass is 35.5. The third kappa shape index (κ3) is 6.85. The average molecular weight is 720 g/mol. The van der Waals surface area contributed by atoms with Gasteiger partial charge in [0.25, 0.3) is 5.91 Å². The molecule has 0 aliphatic carbocycles. The summed E-state index contributed by atoms with van der Waals surface area (Å²) in [5.41, 5.74) is 5.58. The standard InChI is InChI=1S/C40H39ClN6O5/c1-5-7-22-47(51,24-48)34-15-11-10-14-31(34)45-39(49)35-25(3)43-38(37(40(50)52-6-2)36(35)29-12-8-9-13-30(29)41)27-16-18-28(19-17-27)46-26(4)44-32-23-42-21-20-33(32)46/h8-21,23-24,36,51H,5-7,22H2,1-4H3,(H-,43,45,49,50)/p+1. The van der Waals surface area contributed by atoms with Gasteiger partial charge in [0, 0.05) is 40.7 Å². The number of carbonyl (C=O) groups is 3. The van der Waals surface area contributed by atoms with Crippen molar-refractivity contribution in [3.05, 3.63) is 130 Å². The van der Waals surface area contributed by atoms with Crippen LogP contribution in [0.2, 0.25) is 5.02 Å². The lowest BCUT2D eigenvalue weighted by molar-refractivity contribution is -0.146. The summed E-state index contributed by atoms with van der Waals surface area (Å²) in [6, 6.07) is 23.3. The summed E-state index contributed by atoms with van der Waals surface area (Å²) in [6.45, 7) is 7.59. The molecular weight excluding hydrogens is 680 g/mol. The first-order valence-electron chi connectivity index (χ1n) is 17.1. The van der Waals surface area contributed by atoms with Crippen LogP contribution in [0.4, 0.5) is 11.4 Å². The Bertz CT molecular complexity index is 2230. The number of para-hydroxylation sites is 2. The van der Waals surface area contributed by atoms with Crippen LogP contribution in [0.3, 0.4) is 0 Å². The number of fused-ring (bicyclic) bond motifs is 1. The number of esters is 1. The minimum Gasteiger partial charge on any atom is -0.463 e. The van der Waals surface area contributed by atoms with Crippen LogP contribution in [-0.2, 0) is 19.1 Å². The molecule has 2 aromatic heterocycles. The molecule has 1 aliphatic heterocycles. The first-order valence-corrected chi connectivity index (χ1v) is 17.5. The second-order valence-corrected chi connectivity index (χ2v) is 12.9. The van der Waals surface area contributed by atoms with E-state index in [9.17, 15) is 19.6 Å². The summed E-state index contributed by atoms with van der Waals surface area (Å²) < 4.78 is 6.66. The van der Waals surface area contributed by atoms with Crippen LogP contribution >= 0.6 is 11.6 Å². The van der Waals surface area contributed by atoms with E-state index in [2.05, 4.69) is 20.6 Å². The number of carbonyl (C=O) groups excluding carboxylic acids is 3. The Kier molecular flexibility index (Phi) is 10.7. The minimum absolute atomic E-state index is 0.100. The number of aryl methyl sites for hydroxylation is 1. The number of hydrogen-bond acceptors (Lipinski definition) is 8. The number of unbranched alkanes of at least 4 members (excludes halogenated alkanes) is 1. The predicted molar refractivity (Wildman–Crippen MR) is 202 cm³/mol. The second-order valence-electron chi connectivity index (χ2n) is 12.5. The zero-order valence-corrected chi connectivity index (χ0v) is 30.1. The van der Waals surface area contributed by atoms with Gasteiger partial charge in [0.15, 0.2) is 5.69 Å². The van der Waals surface area contributed by atoms with E-state index in [1.165, 1.54) is 0 Å². The Morgan fingerprint density at radius 2 is 1.75 bits per heavy atom. The molecule has 0 fully saturated rings. The van der Waals surface area contributed by atoms with Gasteiger partial charge in [0.1, 0.15) is 23.6 Å². The molecule has 6 rings (SSSR count). The fraction of sp³-hybridized carbons (Fsp3) is 0.225. The van der Waals surface area contributed by atoms with Crippen molar-refractivity contribution >= 4 is 58.0 Å². The molecule has 3 N–H and O–H groups in total. The number of amides is 2.